The van der Waals surface area contributed by atoms with Crippen LogP contribution in [0.2, 0.25) is 0 Å². The second kappa shape index (κ2) is 54.7. The largest absolute Gasteiger partial charge is 0.466 e. The fourth-order valence-electron chi connectivity index (χ4n) is 8.91. The van der Waals surface area contributed by atoms with Crippen LogP contribution in [0.1, 0.15) is 290 Å². The lowest BCUT2D eigenvalue weighted by atomic mass is 9.95. The van der Waals surface area contributed by atoms with Crippen molar-refractivity contribution in [3.8, 4) is 0 Å². The van der Waals surface area contributed by atoms with Crippen molar-refractivity contribution < 1.29 is 33.7 Å². The zero-order valence-electron chi connectivity index (χ0n) is 43.9. The Balaban J connectivity index is 3.53. The summed E-state index contributed by atoms with van der Waals surface area (Å²) in [5, 5.41) is 10.4. The first-order chi connectivity index (χ1) is 32.4. The van der Waals surface area contributed by atoms with Gasteiger partial charge in [-0.05, 0) is 83.2 Å². The lowest BCUT2D eigenvalue weighted by Gasteiger charge is -2.22. The molecule has 0 aliphatic carbocycles. The Morgan fingerprint density at radius 2 is 0.682 bits per heavy atom. The molecule has 392 valence electrons. The maximum atomic E-state index is 12.3. The predicted molar refractivity (Wildman–Crippen MR) is 284 cm³/mol. The Bertz CT molecular complexity index is 1020. The molecule has 0 rings (SSSR count). The molecule has 0 amide bonds. The SMILES string of the molecule is CCCCCCCCCCCOC(=O)CCCCCN(CCCO)CCCCCC(=O)OCCCCCCCCCCCCC(C)CCCCCCCCCCCOC(=O)CCCCCBr. The van der Waals surface area contributed by atoms with Crippen molar-refractivity contribution in [3.63, 3.8) is 0 Å². The molecule has 0 bridgehead atoms. The summed E-state index contributed by atoms with van der Waals surface area (Å²) < 4.78 is 16.3. The number of rotatable bonds is 55. The number of aliphatic hydroxyl groups excluding tert-OH is 1. The normalized spacial score (nSPS) is 12.0. The Hall–Kier alpha value is -1.19. The van der Waals surface area contributed by atoms with Gasteiger partial charge in [-0.3, -0.25) is 14.4 Å². The molecule has 8 nitrogen and oxygen atoms in total. The highest BCUT2D eigenvalue weighted by Crippen LogP contribution is 2.20. The number of carbonyl (C=O) groups is 3. The molecule has 0 saturated carbocycles. The van der Waals surface area contributed by atoms with E-state index >= 15 is 0 Å². The lowest BCUT2D eigenvalue weighted by Crippen LogP contribution is -2.28. The molecular formula is C57H110BrNO7. The van der Waals surface area contributed by atoms with Crippen LogP contribution in [0, 0.1) is 5.92 Å². The second-order valence-electron chi connectivity index (χ2n) is 19.9. The third-order valence-corrected chi connectivity index (χ3v) is 13.9. The number of ether oxygens (including phenoxy) is 3. The number of halogens is 1. The van der Waals surface area contributed by atoms with E-state index in [-0.39, 0.29) is 24.5 Å². The molecular weight excluding hydrogens is 891 g/mol. The van der Waals surface area contributed by atoms with Gasteiger partial charge in [0.1, 0.15) is 0 Å². The standard InChI is InChI=1S/C57H110BrNO7/c1-3-4-5-6-7-13-18-23-37-52-65-56(62)44-32-27-35-47-59(49-40-50-60)48-36-28-33-45-57(63)66-53-39-24-19-14-9-8-11-16-21-29-41-54(2)42-30-22-17-12-10-15-20-25-38-51-64-55(61)43-31-26-34-46-58/h54,60H,3-53H2,1-2H3. The van der Waals surface area contributed by atoms with Crippen molar-refractivity contribution in [2.45, 2.75) is 290 Å². The number of aliphatic hydroxyl groups is 1. The summed E-state index contributed by atoms with van der Waals surface area (Å²) in [6, 6.07) is 0. The number of hydrogen-bond acceptors (Lipinski definition) is 8. The van der Waals surface area contributed by atoms with Crippen LogP contribution in [-0.4, -0.2) is 79.3 Å². The second-order valence-corrected chi connectivity index (χ2v) is 20.7. The number of esters is 3. The maximum Gasteiger partial charge on any atom is 0.305 e. The fraction of sp³-hybridized carbons (Fsp3) is 0.947. The lowest BCUT2D eigenvalue weighted by molar-refractivity contribution is -0.144. The number of nitrogens with zero attached hydrogens (tertiary/aromatic N) is 1. The van der Waals surface area contributed by atoms with Gasteiger partial charge < -0.3 is 24.2 Å². The molecule has 1 atom stereocenters. The van der Waals surface area contributed by atoms with E-state index in [1.165, 1.54) is 161 Å². The molecule has 0 aromatic carbocycles. The van der Waals surface area contributed by atoms with Gasteiger partial charge >= 0.3 is 17.9 Å². The molecule has 0 heterocycles. The monoisotopic (exact) mass is 1000 g/mol. The molecule has 0 aromatic heterocycles. The van der Waals surface area contributed by atoms with E-state index in [0.29, 0.717) is 39.1 Å². The summed E-state index contributed by atoms with van der Waals surface area (Å²) in [5.74, 6) is 0.743. The van der Waals surface area contributed by atoms with E-state index in [0.717, 1.165) is 127 Å². The molecule has 9 heteroatoms. The molecule has 0 saturated heterocycles. The van der Waals surface area contributed by atoms with Crippen LogP contribution in [0.5, 0.6) is 0 Å². The topological polar surface area (TPSA) is 102 Å². The minimum atomic E-state index is -0.0540. The van der Waals surface area contributed by atoms with Crippen molar-refractivity contribution in [2.24, 2.45) is 5.92 Å². The van der Waals surface area contributed by atoms with Crippen molar-refractivity contribution >= 4 is 33.8 Å². The Kier molecular flexibility index (Phi) is 53.8. The predicted octanol–water partition coefficient (Wildman–Crippen LogP) is 16.7. The van der Waals surface area contributed by atoms with Gasteiger partial charge in [0.05, 0.1) is 19.8 Å². The number of hydrogen-bond donors (Lipinski definition) is 1. The zero-order valence-corrected chi connectivity index (χ0v) is 45.4. The fourth-order valence-corrected chi connectivity index (χ4v) is 9.30. The van der Waals surface area contributed by atoms with E-state index in [4.69, 9.17) is 14.2 Å². The molecule has 0 spiro atoms. The first-order valence-electron chi connectivity index (χ1n) is 28.8. The van der Waals surface area contributed by atoms with Gasteiger partial charge in [0.25, 0.3) is 0 Å². The summed E-state index contributed by atoms with van der Waals surface area (Å²) >= 11 is 3.43. The van der Waals surface area contributed by atoms with E-state index in [1.807, 2.05) is 0 Å². The Labute approximate surface area is 417 Å². The zero-order chi connectivity index (χ0) is 48.1. The van der Waals surface area contributed by atoms with Crippen LogP contribution >= 0.6 is 15.9 Å². The highest BCUT2D eigenvalue weighted by Gasteiger charge is 2.09. The summed E-state index contributed by atoms with van der Waals surface area (Å²) in [5.41, 5.74) is 0. The molecule has 1 unspecified atom stereocenters. The summed E-state index contributed by atoms with van der Waals surface area (Å²) in [6.07, 6.45) is 50.2. The average Bonchev–Trinajstić information content (AvgIpc) is 3.31. The highest BCUT2D eigenvalue weighted by molar-refractivity contribution is 9.09. The number of carbonyl (C=O) groups excluding carboxylic acids is 3. The van der Waals surface area contributed by atoms with Crippen molar-refractivity contribution in [3.05, 3.63) is 0 Å². The summed E-state index contributed by atoms with van der Waals surface area (Å²) in [7, 11) is 0. The van der Waals surface area contributed by atoms with Crippen LogP contribution in [0.4, 0.5) is 0 Å². The third kappa shape index (κ3) is 52.2. The van der Waals surface area contributed by atoms with Gasteiger partial charge in [0, 0.05) is 37.7 Å². The highest BCUT2D eigenvalue weighted by atomic mass is 79.9. The average molecular weight is 1000 g/mol. The van der Waals surface area contributed by atoms with Crippen molar-refractivity contribution in [1.29, 1.82) is 0 Å². The Morgan fingerprint density at radius 1 is 0.394 bits per heavy atom. The van der Waals surface area contributed by atoms with Gasteiger partial charge in [-0.25, -0.2) is 0 Å². The Morgan fingerprint density at radius 3 is 1.02 bits per heavy atom. The minimum Gasteiger partial charge on any atom is -0.466 e. The molecule has 0 aromatic rings. The first kappa shape index (κ1) is 64.8. The van der Waals surface area contributed by atoms with E-state index in [2.05, 4.69) is 34.7 Å². The molecule has 0 aliphatic heterocycles. The first-order valence-corrected chi connectivity index (χ1v) is 29.9. The number of unbranched alkanes of at least 4 members (excludes halogenated alkanes) is 31. The van der Waals surface area contributed by atoms with Crippen LogP contribution < -0.4 is 0 Å². The van der Waals surface area contributed by atoms with E-state index in [9.17, 15) is 19.5 Å². The van der Waals surface area contributed by atoms with Crippen molar-refractivity contribution in [2.75, 3.05) is 51.4 Å². The van der Waals surface area contributed by atoms with E-state index < -0.39 is 0 Å². The van der Waals surface area contributed by atoms with Crippen molar-refractivity contribution in [1.82, 2.24) is 4.90 Å². The molecule has 66 heavy (non-hydrogen) atoms. The van der Waals surface area contributed by atoms with Gasteiger partial charge in [0.15, 0.2) is 0 Å². The third-order valence-electron chi connectivity index (χ3n) is 13.3. The molecule has 0 fully saturated rings. The van der Waals surface area contributed by atoms with Gasteiger partial charge in [-0.1, -0.05) is 222 Å². The van der Waals surface area contributed by atoms with Gasteiger partial charge in [0.2, 0.25) is 0 Å². The number of alkyl halides is 1. The van der Waals surface area contributed by atoms with Crippen LogP contribution in [0.3, 0.4) is 0 Å². The van der Waals surface area contributed by atoms with Gasteiger partial charge in [-0.2, -0.15) is 0 Å². The van der Waals surface area contributed by atoms with Crippen LogP contribution in [0.25, 0.3) is 0 Å². The van der Waals surface area contributed by atoms with Gasteiger partial charge in [-0.15, -0.1) is 0 Å². The van der Waals surface area contributed by atoms with Crippen LogP contribution in [0.15, 0.2) is 0 Å². The molecule has 1 N–H and O–H groups in total. The summed E-state index contributed by atoms with van der Waals surface area (Å²) in [4.78, 5) is 38.5. The molecule has 0 radical (unpaired) electrons. The van der Waals surface area contributed by atoms with Crippen LogP contribution in [-0.2, 0) is 28.6 Å². The van der Waals surface area contributed by atoms with E-state index in [1.54, 1.807) is 0 Å². The smallest absolute Gasteiger partial charge is 0.305 e. The quantitative estimate of drug-likeness (QED) is 0.0278. The molecule has 0 aliphatic rings. The summed E-state index contributed by atoms with van der Waals surface area (Å²) in [6.45, 7) is 9.51. The minimum absolute atomic E-state index is 0.0202. The maximum absolute atomic E-state index is 12.3.